The van der Waals surface area contributed by atoms with Gasteiger partial charge >= 0.3 is 0 Å². The van der Waals surface area contributed by atoms with Crippen LogP contribution in [0.2, 0.25) is 5.02 Å². The number of rotatable bonds is 4. The largest absolute Gasteiger partial charge is 0.348 e. The molecule has 0 aliphatic heterocycles. The van der Waals surface area contributed by atoms with Gasteiger partial charge in [0.15, 0.2) is 0 Å². The number of carbonyl (C=O) groups is 1. The summed E-state index contributed by atoms with van der Waals surface area (Å²) in [5.74, 6) is 0.665. The van der Waals surface area contributed by atoms with Crippen molar-refractivity contribution in [1.29, 1.82) is 0 Å². The number of halogens is 1. The van der Waals surface area contributed by atoms with Crippen molar-refractivity contribution in [2.45, 2.75) is 39.7 Å². The number of hydrogen-bond donors (Lipinski definition) is 1. The Balaban J connectivity index is 1.50. The number of nitrogens with one attached hydrogen (secondary N) is 1. The van der Waals surface area contributed by atoms with E-state index in [2.05, 4.69) is 29.8 Å². The summed E-state index contributed by atoms with van der Waals surface area (Å²) in [7, 11) is 0. The van der Waals surface area contributed by atoms with Gasteiger partial charge in [-0.25, -0.2) is 0 Å². The first-order valence-corrected chi connectivity index (χ1v) is 10.2. The van der Waals surface area contributed by atoms with Crippen LogP contribution in [0.15, 0.2) is 54.6 Å². The average Bonchev–Trinajstić information content (AvgIpc) is 3.02. The molecule has 4 rings (SSSR count). The van der Waals surface area contributed by atoms with Crippen LogP contribution in [-0.2, 0) is 19.4 Å². The average molecular weight is 393 g/mol. The first-order valence-electron chi connectivity index (χ1n) is 9.85. The molecule has 3 nitrogen and oxygen atoms in total. The van der Waals surface area contributed by atoms with Crippen molar-refractivity contribution >= 4 is 17.5 Å². The van der Waals surface area contributed by atoms with Crippen molar-refractivity contribution in [1.82, 2.24) is 9.88 Å². The van der Waals surface area contributed by atoms with Crippen LogP contribution in [0.3, 0.4) is 0 Å². The van der Waals surface area contributed by atoms with Gasteiger partial charge in [-0.1, -0.05) is 36.7 Å². The Kier molecular flexibility index (Phi) is 5.27. The number of fused-ring (bicyclic) bond motifs is 1. The molecule has 4 heteroatoms. The summed E-state index contributed by atoms with van der Waals surface area (Å²) in [4.78, 5) is 12.5. The fourth-order valence-electron chi connectivity index (χ4n) is 4.11. The monoisotopic (exact) mass is 392 g/mol. The topological polar surface area (TPSA) is 34.0 Å². The maximum atomic E-state index is 12.5. The standard InChI is InChI=1S/C24H25ClN2O/c1-16-7-12-23-20(13-16)14-17(2)27(23)21-10-8-18(9-11-21)24(28)26-15-19-5-3-4-6-22(19)25/h3-6,8-11,14,16H,7,12-13,15H2,1-2H3,(H,26,28). The number of aromatic nitrogens is 1. The number of benzene rings is 2. The van der Waals surface area contributed by atoms with E-state index in [0.29, 0.717) is 17.1 Å². The van der Waals surface area contributed by atoms with E-state index in [1.807, 2.05) is 48.5 Å². The van der Waals surface area contributed by atoms with Crippen LogP contribution in [0.25, 0.3) is 5.69 Å². The van der Waals surface area contributed by atoms with Crippen LogP contribution >= 0.6 is 11.6 Å². The van der Waals surface area contributed by atoms with E-state index >= 15 is 0 Å². The van der Waals surface area contributed by atoms with E-state index in [9.17, 15) is 4.79 Å². The fourth-order valence-corrected chi connectivity index (χ4v) is 4.31. The first kappa shape index (κ1) is 18.8. The van der Waals surface area contributed by atoms with Crippen molar-refractivity contribution < 1.29 is 4.79 Å². The van der Waals surface area contributed by atoms with E-state index in [-0.39, 0.29) is 5.91 Å². The normalized spacial score (nSPS) is 15.9. The van der Waals surface area contributed by atoms with E-state index in [1.54, 1.807) is 0 Å². The lowest BCUT2D eigenvalue weighted by Crippen LogP contribution is -2.23. The molecule has 0 bridgehead atoms. The van der Waals surface area contributed by atoms with Gasteiger partial charge in [0, 0.05) is 34.2 Å². The predicted octanol–water partition coefficient (Wildman–Crippen LogP) is 5.49. The smallest absolute Gasteiger partial charge is 0.251 e. The molecule has 0 spiro atoms. The molecule has 3 aromatic rings. The third kappa shape index (κ3) is 3.72. The lowest BCUT2D eigenvalue weighted by molar-refractivity contribution is 0.0951. The molecule has 0 radical (unpaired) electrons. The lowest BCUT2D eigenvalue weighted by atomic mass is 9.89. The van der Waals surface area contributed by atoms with Crippen molar-refractivity contribution in [2.24, 2.45) is 5.92 Å². The van der Waals surface area contributed by atoms with Crippen molar-refractivity contribution in [3.05, 3.63) is 87.7 Å². The summed E-state index contributed by atoms with van der Waals surface area (Å²) in [5.41, 5.74) is 6.84. The Morgan fingerprint density at radius 3 is 2.68 bits per heavy atom. The van der Waals surface area contributed by atoms with Gasteiger partial charge in [-0.3, -0.25) is 4.79 Å². The Bertz CT molecular complexity index is 1000. The molecule has 0 fully saturated rings. The third-order valence-corrected chi connectivity index (χ3v) is 5.97. The molecule has 1 aliphatic rings. The predicted molar refractivity (Wildman–Crippen MR) is 114 cm³/mol. The molecule has 0 saturated heterocycles. The molecule has 1 aromatic heterocycles. The van der Waals surface area contributed by atoms with E-state index in [0.717, 1.165) is 30.0 Å². The highest BCUT2D eigenvalue weighted by atomic mass is 35.5. The second-order valence-corrected chi connectivity index (χ2v) is 8.17. The quantitative estimate of drug-likeness (QED) is 0.625. The van der Waals surface area contributed by atoms with E-state index in [4.69, 9.17) is 11.6 Å². The summed E-state index contributed by atoms with van der Waals surface area (Å²) in [6, 6.07) is 17.7. The molecule has 1 atom stereocenters. The number of aryl methyl sites for hydroxylation is 1. The molecular formula is C24H25ClN2O. The summed E-state index contributed by atoms with van der Waals surface area (Å²) < 4.78 is 2.34. The molecule has 28 heavy (non-hydrogen) atoms. The molecule has 1 N–H and O–H groups in total. The Morgan fingerprint density at radius 1 is 1.18 bits per heavy atom. The summed E-state index contributed by atoms with van der Waals surface area (Å²) in [6.07, 6.45) is 3.51. The minimum atomic E-state index is -0.0912. The minimum absolute atomic E-state index is 0.0912. The second kappa shape index (κ2) is 7.84. The van der Waals surface area contributed by atoms with Gasteiger partial charge in [0.05, 0.1) is 0 Å². The minimum Gasteiger partial charge on any atom is -0.348 e. The summed E-state index contributed by atoms with van der Waals surface area (Å²) in [6.45, 7) is 4.90. The molecule has 1 aliphatic carbocycles. The van der Waals surface area contributed by atoms with Crippen LogP contribution < -0.4 is 5.32 Å². The maximum absolute atomic E-state index is 12.5. The maximum Gasteiger partial charge on any atom is 0.251 e. The van der Waals surface area contributed by atoms with Crippen molar-refractivity contribution in [3.63, 3.8) is 0 Å². The molecule has 1 amide bonds. The van der Waals surface area contributed by atoms with E-state index in [1.165, 1.54) is 23.4 Å². The Morgan fingerprint density at radius 2 is 1.93 bits per heavy atom. The van der Waals surface area contributed by atoms with Gasteiger partial charge in [0.25, 0.3) is 5.91 Å². The van der Waals surface area contributed by atoms with Crippen LogP contribution in [0.1, 0.15) is 46.2 Å². The van der Waals surface area contributed by atoms with Crippen LogP contribution in [0.5, 0.6) is 0 Å². The van der Waals surface area contributed by atoms with Crippen LogP contribution in [0.4, 0.5) is 0 Å². The molecule has 1 heterocycles. The van der Waals surface area contributed by atoms with Gasteiger partial charge in [0.2, 0.25) is 0 Å². The van der Waals surface area contributed by atoms with Crippen molar-refractivity contribution in [2.75, 3.05) is 0 Å². The molecular weight excluding hydrogens is 368 g/mol. The highest BCUT2D eigenvalue weighted by Gasteiger charge is 2.21. The number of hydrogen-bond acceptors (Lipinski definition) is 1. The van der Waals surface area contributed by atoms with Crippen molar-refractivity contribution in [3.8, 4) is 5.69 Å². The van der Waals surface area contributed by atoms with Gasteiger partial charge in [-0.15, -0.1) is 0 Å². The van der Waals surface area contributed by atoms with Gasteiger partial charge in [0.1, 0.15) is 0 Å². The zero-order chi connectivity index (χ0) is 19.7. The SMILES string of the molecule is Cc1cc2c(n1-c1ccc(C(=O)NCc3ccccc3Cl)cc1)CCC(C)C2. The van der Waals surface area contributed by atoms with Crippen LogP contribution in [-0.4, -0.2) is 10.5 Å². The Labute approximate surface area is 171 Å². The number of amides is 1. The van der Waals surface area contributed by atoms with Crippen LogP contribution in [0, 0.1) is 12.8 Å². The number of carbonyl (C=O) groups excluding carboxylic acids is 1. The summed E-state index contributed by atoms with van der Waals surface area (Å²) >= 11 is 6.16. The third-order valence-electron chi connectivity index (χ3n) is 5.60. The fraction of sp³-hybridized carbons (Fsp3) is 0.292. The zero-order valence-corrected chi connectivity index (χ0v) is 17.1. The van der Waals surface area contributed by atoms with Gasteiger partial charge in [-0.05, 0) is 79.6 Å². The lowest BCUT2D eigenvalue weighted by Gasteiger charge is -2.21. The first-order chi connectivity index (χ1) is 13.5. The highest BCUT2D eigenvalue weighted by molar-refractivity contribution is 6.31. The molecule has 2 aromatic carbocycles. The highest BCUT2D eigenvalue weighted by Crippen LogP contribution is 2.30. The van der Waals surface area contributed by atoms with E-state index < -0.39 is 0 Å². The molecule has 0 saturated carbocycles. The molecule has 1 unspecified atom stereocenters. The zero-order valence-electron chi connectivity index (χ0n) is 16.3. The molecule has 144 valence electrons. The second-order valence-electron chi connectivity index (χ2n) is 7.76. The van der Waals surface area contributed by atoms with Gasteiger partial charge in [-0.2, -0.15) is 0 Å². The van der Waals surface area contributed by atoms with Gasteiger partial charge < -0.3 is 9.88 Å². The number of nitrogens with zero attached hydrogens (tertiary/aromatic N) is 1. The summed E-state index contributed by atoms with van der Waals surface area (Å²) in [5, 5.41) is 3.61. The Hall–Kier alpha value is -2.52.